The standard InChI is InChI=1S/C10H17NO/c1-3-5-6-7-9-11-10(12)8-4-2/h3,5,7,9H,4,6,8H2,1-2H3,(H,11,12). The van der Waals surface area contributed by atoms with Gasteiger partial charge < -0.3 is 5.32 Å². The zero-order valence-corrected chi connectivity index (χ0v) is 7.84. The molecule has 0 saturated carbocycles. The summed E-state index contributed by atoms with van der Waals surface area (Å²) in [4.78, 5) is 10.9. The van der Waals surface area contributed by atoms with Gasteiger partial charge in [-0.2, -0.15) is 0 Å². The fourth-order valence-electron chi connectivity index (χ4n) is 0.734. The third kappa shape index (κ3) is 7.06. The molecule has 0 aliphatic carbocycles. The molecule has 0 aliphatic heterocycles. The maximum absolute atomic E-state index is 10.9. The van der Waals surface area contributed by atoms with Crippen LogP contribution in [0.5, 0.6) is 0 Å². The lowest BCUT2D eigenvalue weighted by Gasteiger charge is -1.94. The molecule has 1 amide bonds. The second-order valence-electron chi connectivity index (χ2n) is 2.52. The van der Waals surface area contributed by atoms with Crippen molar-refractivity contribution < 1.29 is 4.79 Å². The molecule has 0 bridgehead atoms. The van der Waals surface area contributed by atoms with Crippen molar-refractivity contribution >= 4 is 5.91 Å². The first-order valence-corrected chi connectivity index (χ1v) is 4.36. The molecule has 0 rings (SSSR count). The van der Waals surface area contributed by atoms with Gasteiger partial charge in [0, 0.05) is 12.6 Å². The first-order chi connectivity index (χ1) is 5.81. The van der Waals surface area contributed by atoms with Crippen LogP contribution in [0.3, 0.4) is 0 Å². The van der Waals surface area contributed by atoms with Crippen molar-refractivity contribution in [3.63, 3.8) is 0 Å². The van der Waals surface area contributed by atoms with Crippen LogP contribution in [0, 0.1) is 0 Å². The van der Waals surface area contributed by atoms with Gasteiger partial charge in [0.05, 0.1) is 0 Å². The summed E-state index contributed by atoms with van der Waals surface area (Å²) in [6, 6.07) is 0. The SMILES string of the molecule is CC=CCC=CNC(=O)CCC. The predicted octanol–water partition coefficient (Wildman–Crippen LogP) is 2.38. The molecule has 12 heavy (non-hydrogen) atoms. The molecule has 2 heteroatoms. The lowest BCUT2D eigenvalue weighted by Crippen LogP contribution is -2.15. The van der Waals surface area contributed by atoms with Crippen molar-refractivity contribution in [2.75, 3.05) is 0 Å². The van der Waals surface area contributed by atoms with Gasteiger partial charge in [-0.3, -0.25) is 4.79 Å². The van der Waals surface area contributed by atoms with E-state index < -0.39 is 0 Å². The zero-order valence-electron chi connectivity index (χ0n) is 7.84. The molecule has 0 radical (unpaired) electrons. The Bertz CT molecular complexity index is 171. The van der Waals surface area contributed by atoms with Gasteiger partial charge in [-0.25, -0.2) is 0 Å². The highest BCUT2D eigenvalue weighted by atomic mass is 16.1. The summed E-state index contributed by atoms with van der Waals surface area (Å²) >= 11 is 0. The molecule has 0 aromatic rings. The maximum Gasteiger partial charge on any atom is 0.223 e. The van der Waals surface area contributed by atoms with Crippen LogP contribution < -0.4 is 5.32 Å². The minimum Gasteiger partial charge on any atom is -0.333 e. The van der Waals surface area contributed by atoms with Gasteiger partial charge in [-0.1, -0.05) is 25.2 Å². The van der Waals surface area contributed by atoms with E-state index in [2.05, 4.69) is 5.32 Å². The average Bonchev–Trinajstić information content (AvgIpc) is 2.05. The van der Waals surface area contributed by atoms with Crippen molar-refractivity contribution in [2.24, 2.45) is 0 Å². The summed E-state index contributed by atoms with van der Waals surface area (Å²) in [5.74, 6) is 0.0919. The third-order valence-corrected chi connectivity index (χ3v) is 1.35. The minimum absolute atomic E-state index is 0.0919. The highest BCUT2D eigenvalue weighted by Gasteiger charge is 1.92. The predicted molar refractivity (Wildman–Crippen MR) is 51.6 cm³/mol. The van der Waals surface area contributed by atoms with Gasteiger partial charge in [0.2, 0.25) is 5.91 Å². The van der Waals surface area contributed by atoms with Crippen LogP contribution in [-0.2, 0) is 4.79 Å². The first kappa shape index (κ1) is 11.0. The highest BCUT2D eigenvalue weighted by molar-refractivity contribution is 5.76. The number of hydrogen-bond donors (Lipinski definition) is 1. The van der Waals surface area contributed by atoms with E-state index in [4.69, 9.17) is 0 Å². The molecule has 1 N–H and O–H groups in total. The number of rotatable bonds is 5. The summed E-state index contributed by atoms with van der Waals surface area (Å²) in [6.45, 7) is 3.96. The summed E-state index contributed by atoms with van der Waals surface area (Å²) in [6.07, 6.45) is 10.0. The summed E-state index contributed by atoms with van der Waals surface area (Å²) in [7, 11) is 0. The van der Waals surface area contributed by atoms with E-state index in [0.717, 1.165) is 12.8 Å². The molecular formula is C10H17NO. The topological polar surface area (TPSA) is 29.1 Å². The van der Waals surface area contributed by atoms with E-state index in [9.17, 15) is 4.79 Å². The van der Waals surface area contributed by atoms with Crippen molar-refractivity contribution in [1.82, 2.24) is 5.32 Å². The van der Waals surface area contributed by atoms with Crippen molar-refractivity contribution in [3.8, 4) is 0 Å². The second kappa shape index (κ2) is 8.05. The fraction of sp³-hybridized carbons (Fsp3) is 0.500. The number of allylic oxidation sites excluding steroid dienone is 3. The van der Waals surface area contributed by atoms with Gasteiger partial charge >= 0.3 is 0 Å². The maximum atomic E-state index is 10.9. The van der Waals surface area contributed by atoms with Crippen molar-refractivity contribution in [3.05, 3.63) is 24.4 Å². The lowest BCUT2D eigenvalue weighted by molar-refractivity contribution is -0.120. The Kier molecular flexibility index (Phi) is 7.35. The van der Waals surface area contributed by atoms with Crippen LogP contribution in [0.4, 0.5) is 0 Å². The van der Waals surface area contributed by atoms with Crippen LogP contribution in [0.25, 0.3) is 0 Å². The molecule has 0 saturated heterocycles. The van der Waals surface area contributed by atoms with E-state index in [1.807, 2.05) is 32.1 Å². The van der Waals surface area contributed by atoms with Crippen molar-refractivity contribution in [1.29, 1.82) is 0 Å². The smallest absolute Gasteiger partial charge is 0.223 e. The van der Waals surface area contributed by atoms with E-state index in [-0.39, 0.29) is 5.91 Å². The summed E-state index contributed by atoms with van der Waals surface area (Å²) < 4.78 is 0. The normalized spacial score (nSPS) is 11.2. The Labute approximate surface area is 74.4 Å². The van der Waals surface area contributed by atoms with Gasteiger partial charge in [0.15, 0.2) is 0 Å². The molecule has 2 nitrogen and oxygen atoms in total. The van der Waals surface area contributed by atoms with E-state index in [0.29, 0.717) is 6.42 Å². The van der Waals surface area contributed by atoms with Crippen LogP contribution in [0.2, 0.25) is 0 Å². The monoisotopic (exact) mass is 167 g/mol. The van der Waals surface area contributed by atoms with Gasteiger partial charge in [0.25, 0.3) is 0 Å². The van der Waals surface area contributed by atoms with Crippen LogP contribution in [-0.4, -0.2) is 5.91 Å². The molecule has 0 unspecified atom stereocenters. The van der Waals surface area contributed by atoms with E-state index in [1.165, 1.54) is 0 Å². The highest BCUT2D eigenvalue weighted by Crippen LogP contribution is 1.87. The number of nitrogens with one attached hydrogen (secondary N) is 1. The summed E-state index contributed by atoms with van der Waals surface area (Å²) in [5, 5.41) is 2.69. The Morgan fingerprint density at radius 3 is 2.75 bits per heavy atom. The molecule has 0 aromatic carbocycles. The molecule has 0 aliphatic rings. The van der Waals surface area contributed by atoms with Gasteiger partial charge in [-0.05, 0) is 19.8 Å². The van der Waals surface area contributed by atoms with Crippen molar-refractivity contribution in [2.45, 2.75) is 33.1 Å². The molecule has 0 aromatic heterocycles. The lowest BCUT2D eigenvalue weighted by atomic mass is 10.3. The summed E-state index contributed by atoms with van der Waals surface area (Å²) in [5.41, 5.74) is 0. The first-order valence-electron chi connectivity index (χ1n) is 4.36. The number of carbonyl (C=O) groups is 1. The van der Waals surface area contributed by atoms with Gasteiger partial charge in [-0.15, -0.1) is 0 Å². The fourth-order valence-corrected chi connectivity index (χ4v) is 0.734. The number of carbonyl (C=O) groups excluding carboxylic acids is 1. The number of amides is 1. The van der Waals surface area contributed by atoms with Gasteiger partial charge in [0.1, 0.15) is 0 Å². The largest absolute Gasteiger partial charge is 0.333 e. The Hall–Kier alpha value is -1.05. The Balaban J connectivity index is 3.39. The van der Waals surface area contributed by atoms with Crippen LogP contribution in [0.15, 0.2) is 24.4 Å². The molecular weight excluding hydrogens is 150 g/mol. The molecule has 0 heterocycles. The quantitative estimate of drug-likeness (QED) is 0.626. The molecule has 0 spiro atoms. The van der Waals surface area contributed by atoms with Crippen LogP contribution in [0.1, 0.15) is 33.1 Å². The Morgan fingerprint density at radius 2 is 2.17 bits per heavy atom. The molecule has 68 valence electrons. The Morgan fingerprint density at radius 1 is 1.42 bits per heavy atom. The minimum atomic E-state index is 0.0919. The third-order valence-electron chi connectivity index (χ3n) is 1.35. The van der Waals surface area contributed by atoms with E-state index >= 15 is 0 Å². The zero-order chi connectivity index (χ0) is 9.23. The van der Waals surface area contributed by atoms with Crippen LogP contribution >= 0.6 is 0 Å². The second-order valence-corrected chi connectivity index (χ2v) is 2.52. The molecule has 0 fully saturated rings. The molecule has 0 atom stereocenters. The van der Waals surface area contributed by atoms with E-state index in [1.54, 1.807) is 6.20 Å². The average molecular weight is 167 g/mol. The number of hydrogen-bond acceptors (Lipinski definition) is 1.